The number of carbonyl (C=O) groups is 1. The van der Waals surface area contributed by atoms with Gasteiger partial charge in [0.25, 0.3) is 0 Å². The molecule has 1 aliphatic heterocycles. The second-order valence-corrected chi connectivity index (χ2v) is 6.98. The summed E-state index contributed by atoms with van der Waals surface area (Å²) < 4.78 is 5.35. The molecule has 1 aromatic rings. The van der Waals surface area contributed by atoms with E-state index in [1.807, 2.05) is 39.8 Å². The summed E-state index contributed by atoms with van der Waals surface area (Å²) in [4.78, 5) is 17.9. The molecule has 1 saturated heterocycles. The lowest BCUT2D eigenvalue weighted by molar-refractivity contribution is 0.0269. The summed E-state index contributed by atoms with van der Waals surface area (Å²) in [6.45, 7) is 8.20. The van der Waals surface area contributed by atoms with E-state index in [1.54, 1.807) is 4.90 Å². The van der Waals surface area contributed by atoms with Crippen LogP contribution < -0.4 is 5.73 Å². The zero-order valence-corrected chi connectivity index (χ0v) is 13.7. The van der Waals surface area contributed by atoms with Gasteiger partial charge in [-0.1, -0.05) is 0 Å². The average Bonchev–Trinajstić information content (AvgIpc) is 2.67. The normalized spacial score (nSPS) is 22.0. The molecule has 3 N–H and O–H groups in total. The fraction of sp³-hybridized carbons (Fsp3) is 0.625. The van der Waals surface area contributed by atoms with E-state index >= 15 is 0 Å². The lowest BCUT2D eigenvalue weighted by atomic mass is 9.99. The first-order valence-electron chi connectivity index (χ1n) is 7.53. The number of hydrogen-bond acceptors (Lipinski definition) is 5. The molecule has 2 heterocycles. The molecule has 6 heteroatoms. The van der Waals surface area contributed by atoms with Gasteiger partial charge in [-0.05, 0) is 51.8 Å². The van der Waals surface area contributed by atoms with E-state index in [1.165, 1.54) is 0 Å². The first-order valence-corrected chi connectivity index (χ1v) is 7.53. The first-order chi connectivity index (χ1) is 10.1. The number of nitrogens with two attached hydrogens (primary N) is 1. The number of amides is 1. The Balaban J connectivity index is 2.00. The van der Waals surface area contributed by atoms with Crippen molar-refractivity contribution in [2.75, 3.05) is 18.8 Å². The van der Waals surface area contributed by atoms with Gasteiger partial charge in [0.15, 0.2) is 0 Å². The average molecular weight is 307 g/mol. The molecule has 0 bridgehead atoms. The van der Waals surface area contributed by atoms with Crippen LogP contribution in [0.15, 0.2) is 12.1 Å². The number of aliphatic hydroxyl groups excluding tert-OH is 1. The van der Waals surface area contributed by atoms with Crippen molar-refractivity contribution in [3.05, 3.63) is 23.4 Å². The van der Waals surface area contributed by atoms with E-state index < -0.39 is 11.7 Å². The largest absolute Gasteiger partial charge is 0.444 e. The Kier molecular flexibility index (Phi) is 4.60. The van der Waals surface area contributed by atoms with Gasteiger partial charge in [-0.15, -0.1) is 0 Å². The molecule has 6 nitrogen and oxygen atoms in total. The summed E-state index contributed by atoms with van der Waals surface area (Å²) in [7, 11) is 0. The van der Waals surface area contributed by atoms with Gasteiger partial charge in [0, 0.05) is 18.2 Å². The highest BCUT2D eigenvalue weighted by Gasteiger charge is 2.36. The van der Waals surface area contributed by atoms with Crippen LogP contribution in [0.4, 0.5) is 10.6 Å². The predicted octanol–water partition coefficient (Wildman–Crippen LogP) is 1.74. The Morgan fingerprint density at radius 2 is 2.14 bits per heavy atom. The molecule has 0 unspecified atom stereocenters. The third kappa shape index (κ3) is 4.34. The molecule has 2 rings (SSSR count). The van der Waals surface area contributed by atoms with Crippen LogP contribution >= 0.6 is 0 Å². The zero-order valence-electron chi connectivity index (χ0n) is 13.7. The van der Waals surface area contributed by atoms with Gasteiger partial charge in [0.05, 0.1) is 12.6 Å². The Bertz CT molecular complexity index is 534. The quantitative estimate of drug-likeness (QED) is 0.869. The van der Waals surface area contributed by atoms with Crippen LogP contribution in [0.2, 0.25) is 0 Å². The number of carbonyl (C=O) groups excluding carboxylic acids is 1. The van der Waals surface area contributed by atoms with Crippen LogP contribution in [0, 0.1) is 12.8 Å². The molecule has 1 amide bonds. The van der Waals surface area contributed by atoms with E-state index in [0.29, 0.717) is 25.3 Å². The molecule has 2 atom stereocenters. The van der Waals surface area contributed by atoms with Gasteiger partial charge in [-0.3, -0.25) is 0 Å². The Hall–Kier alpha value is -1.82. The number of anilines is 1. The monoisotopic (exact) mass is 307 g/mol. The second kappa shape index (κ2) is 6.12. The number of nitrogen functional groups attached to an aromatic ring is 1. The number of hydrogen-bond donors (Lipinski definition) is 2. The number of aromatic nitrogens is 1. The van der Waals surface area contributed by atoms with Crippen molar-refractivity contribution in [1.29, 1.82) is 0 Å². The van der Waals surface area contributed by atoms with Crippen molar-refractivity contribution in [2.45, 2.75) is 45.8 Å². The van der Waals surface area contributed by atoms with Crippen molar-refractivity contribution in [3.63, 3.8) is 0 Å². The van der Waals surface area contributed by atoms with E-state index in [0.717, 1.165) is 11.3 Å². The minimum absolute atomic E-state index is 0.0544. The lowest BCUT2D eigenvalue weighted by Gasteiger charge is -2.24. The fourth-order valence-electron chi connectivity index (χ4n) is 2.67. The highest BCUT2D eigenvalue weighted by molar-refractivity contribution is 5.68. The summed E-state index contributed by atoms with van der Waals surface area (Å²) in [5.74, 6) is 0.424. The van der Waals surface area contributed by atoms with Gasteiger partial charge in [0.1, 0.15) is 11.4 Å². The molecule has 22 heavy (non-hydrogen) atoms. The molecule has 0 spiro atoms. The van der Waals surface area contributed by atoms with Crippen molar-refractivity contribution in [2.24, 2.45) is 5.92 Å². The molecule has 0 aromatic carbocycles. The van der Waals surface area contributed by atoms with Gasteiger partial charge in [-0.2, -0.15) is 0 Å². The van der Waals surface area contributed by atoms with Crippen molar-refractivity contribution < 1.29 is 14.6 Å². The van der Waals surface area contributed by atoms with Crippen LogP contribution in [0.1, 0.15) is 32.0 Å². The molecule has 1 aliphatic rings. The summed E-state index contributed by atoms with van der Waals surface area (Å²) in [6.07, 6.45) is -0.367. The van der Waals surface area contributed by atoms with Crippen LogP contribution in [0.3, 0.4) is 0 Å². The van der Waals surface area contributed by atoms with Gasteiger partial charge >= 0.3 is 6.09 Å². The zero-order chi connectivity index (χ0) is 16.5. The number of β-amino-alcohol motifs (C(OH)–C–C–N with tert-alkyl or cyclic N) is 1. The highest BCUT2D eigenvalue weighted by atomic mass is 16.6. The number of ether oxygens (including phenoxy) is 1. The molecule has 0 saturated carbocycles. The third-order valence-corrected chi connectivity index (χ3v) is 3.57. The van der Waals surface area contributed by atoms with E-state index in [4.69, 9.17) is 10.5 Å². The summed E-state index contributed by atoms with van der Waals surface area (Å²) >= 11 is 0. The van der Waals surface area contributed by atoms with E-state index in [9.17, 15) is 9.90 Å². The molecule has 0 aliphatic carbocycles. The van der Waals surface area contributed by atoms with Crippen LogP contribution in [-0.2, 0) is 11.2 Å². The highest BCUT2D eigenvalue weighted by Crippen LogP contribution is 2.23. The van der Waals surface area contributed by atoms with Gasteiger partial charge < -0.3 is 20.5 Å². The van der Waals surface area contributed by atoms with Crippen molar-refractivity contribution >= 4 is 11.9 Å². The van der Waals surface area contributed by atoms with Crippen LogP contribution in [0.25, 0.3) is 0 Å². The number of likely N-dealkylation sites (tertiary alicyclic amines) is 1. The van der Waals surface area contributed by atoms with Gasteiger partial charge in [-0.25, -0.2) is 9.78 Å². The smallest absolute Gasteiger partial charge is 0.410 e. The predicted molar refractivity (Wildman–Crippen MR) is 84.4 cm³/mol. The minimum atomic E-state index is -0.573. The topological polar surface area (TPSA) is 88.7 Å². The molecule has 122 valence electrons. The molecule has 1 aromatic heterocycles. The Morgan fingerprint density at radius 3 is 2.73 bits per heavy atom. The molecular weight excluding hydrogens is 282 g/mol. The van der Waals surface area contributed by atoms with E-state index in [-0.39, 0.29) is 12.0 Å². The maximum atomic E-state index is 12.1. The number of nitrogens with zero attached hydrogens (tertiary/aromatic N) is 2. The SMILES string of the molecule is Cc1cc(N)nc(C[C@H]2CN(C(=O)OC(C)(C)C)C[C@@H]2O)c1. The summed E-state index contributed by atoms with van der Waals surface area (Å²) in [5, 5.41) is 10.2. The molecular formula is C16H25N3O3. The van der Waals surface area contributed by atoms with Gasteiger partial charge in [0.2, 0.25) is 0 Å². The minimum Gasteiger partial charge on any atom is -0.444 e. The maximum absolute atomic E-state index is 12.1. The van der Waals surface area contributed by atoms with Crippen molar-refractivity contribution in [1.82, 2.24) is 9.88 Å². The molecule has 0 radical (unpaired) electrons. The summed E-state index contributed by atoms with van der Waals surface area (Å²) in [5.41, 5.74) is 7.10. The standard InChI is InChI=1S/C16H25N3O3/c1-10-5-12(18-14(17)6-10)7-11-8-19(9-13(11)20)15(21)22-16(2,3)4/h5-6,11,13,20H,7-9H2,1-4H3,(H2,17,18)/t11-,13-/m0/s1. The summed E-state index contributed by atoms with van der Waals surface area (Å²) in [6, 6.07) is 3.76. The molecule has 1 fully saturated rings. The number of pyridine rings is 1. The maximum Gasteiger partial charge on any atom is 0.410 e. The third-order valence-electron chi connectivity index (χ3n) is 3.57. The number of aliphatic hydroxyl groups is 1. The van der Waals surface area contributed by atoms with Crippen molar-refractivity contribution in [3.8, 4) is 0 Å². The Morgan fingerprint density at radius 1 is 1.45 bits per heavy atom. The second-order valence-electron chi connectivity index (χ2n) is 6.98. The number of rotatable bonds is 2. The lowest BCUT2D eigenvalue weighted by Crippen LogP contribution is -2.35. The van der Waals surface area contributed by atoms with Crippen LogP contribution in [-0.4, -0.2) is 45.9 Å². The van der Waals surface area contributed by atoms with Crippen LogP contribution in [0.5, 0.6) is 0 Å². The van der Waals surface area contributed by atoms with E-state index in [2.05, 4.69) is 4.98 Å². The Labute approximate surface area is 131 Å². The first kappa shape index (κ1) is 16.5. The number of aryl methyl sites for hydroxylation is 1. The fourth-order valence-corrected chi connectivity index (χ4v) is 2.67.